The average Bonchev–Trinajstić information content (AvgIpc) is 2.74. The Morgan fingerprint density at radius 1 is 0.968 bits per heavy atom. The first-order valence-electron chi connectivity index (χ1n) is 9.88. The van der Waals surface area contributed by atoms with Crippen molar-refractivity contribution in [1.82, 2.24) is 0 Å². The van der Waals surface area contributed by atoms with Crippen LogP contribution < -0.4 is 20.1 Å². The van der Waals surface area contributed by atoms with E-state index in [4.69, 9.17) is 21.1 Å². The normalized spacial score (nSPS) is 10.5. The lowest BCUT2D eigenvalue weighted by Crippen LogP contribution is -2.06. The van der Waals surface area contributed by atoms with Crippen LogP contribution in [0, 0.1) is 0 Å². The van der Waals surface area contributed by atoms with Crippen molar-refractivity contribution < 1.29 is 14.3 Å². The van der Waals surface area contributed by atoms with Crippen molar-refractivity contribution in [2.75, 3.05) is 17.2 Å². The lowest BCUT2D eigenvalue weighted by Gasteiger charge is -2.16. The Balaban J connectivity index is 1.68. The minimum absolute atomic E-state index is 0.0912. The SMILES string of the molecule is CCOc1cc(CNc2ccc(NC(C)=O)cc2)c(Br)cc1OCc1ccc(Cl)cc1. The molecule has 0 spiro atoms. The number of rotatable bonds is 9. The maximum absolute atomic E-state index is 11.1. The summed E-state index contributed by atoms with van der Waals surface area (Å²) in [5, 5.41) is 6.84. The van der Waals surface area contributed by atoms with Gasteiger partial charge in [0.1, 0.15) is 6.61 Å². The lowest BCUT2D eigenvalue weighted by atomic mass is 10.2. The topological polar surface area (TPSA) is 59.6 Å². The third kappa shape index (κ3) is 6.91. The molecule has 3 aromatic carbocycles. The molecule has 0 radical (unpaired) electrons. The van der Waals surface area contributed by atoms with Gasteiger partial charge >= 0.3 is 0 Å². The molecule has 0 aliphatic rings. The van der Waals surface area contributed by atoms with Gasteiger partial charge in [0.05, 0.1) is 6.61 Å². The van der Waals surface area contributed by atoms with Crippen LogP contribution in [-0.2, 0) is 17.9 Å². The number of benzene rings is 3. The van der Waals surface area contributed by atoms with Crippen molar-refractivity contribution in [3.8, 4) is 11.5 Å². The molecule has 2 N–H and O–H groups in total. The van der Waals surface area contributed by atoms with Crippen LogP contribution in [0.4, 0.5) is 11.4 Å². The lowest BCUT2D eigenvalue weighted by molar-refractivity contribution is -0.114. The summed E-state index contributed by atoms with van der Waals surface area (Å²) in [7, 11) is 0. The summed E-state index contributed by atoms with van der Waals surface area (Å²) in [4.78, 5) is 11.1. The molecule has 3 rings (SSSR count). The largest absolute Gasteiger partial charge is 0.490 e. The molecular formula is C24H24BrClN2O3. The van der Waals surface area contributed by atoms with Crippen molar-refractivity contribution in [2.24, 2.45) is 0 Å². The smallest absolute Gasteiger partial charge is 0.221 e. The van der Waals surface area contributed by atoms with Crippen LogP contribution in [0.2, 0.25) is 5.02 Å². The second kappa shape index (κ2) is 11.1. The average molecular weight is 504 g/mol. The molecule has 0 saturated carbocycles. The van der Waals surface area contributed by atoms with E-state index in [1.54, 1.807) is 0 Å². The van der Waals surface area contributed by atoms with Gasteiger partial charge in [-0.05, 0) is 66.6 Å². The van der Waals surface area contributed by atoms with E-state index in [0.717, 1.165) is 27.0 Å². The van der Waals surface area contributed by atoms with Crippen LogP contribution >= 0.6 is 27.5 Å². The fourth-order valence-electron chi connectivity index (χ4n) is 2.91. The fourth-order valence-corrected chi connectivity index (χ4v) is 3.50. The third-order valence-corrected chi connectivity index (χ3v) is 5.40. The molecule has 0 aromatic heterocycles. The number of anilines is 2. The molecule has 0 fully saturated rings. The minimum Gasteiger partial charge on any atom is -0.490 e. The molecule has 0 aliphatic carbocycles. The number of carbonyl (C=O) groups is 1. The van der Waals surface area contributed by atoms with Gasteiger partial charge in [-0.25, -0.2) is 0 Å². The van der Waals surface area contributed by atoms with E-state index in [2.05, 4.69) is 26.6 Å². The van der Waals surface area contributed by atoms with Crippen LogP contribution in [0.3, 0.4) is 0 Å². The van der Waals surface area contributed by atoms with Crippen LogP contribution in [0.1, 0.15) is 25.0 Å². The maximum atomic E-state index is 11.1. The number of nitrogens with one attached hydrogen (secondary N) is 2. The first-order chi connectivity index (χ1) is 14.9. The van der Waals surface area contributed by atoms with Crippen molar-refractivity contribution in [2.45, 2.75) is 27.0 Å². The van der Waals surface area contributed by atoms with Crippen LogP contribution in [0.15, 0.2) is 65.1 Å². The zero-order valence-corrected chi connectivity index (χ0v) is 19.7. The van der Waals surface area contributed by atoms with E-state index in [9.17, 15) is 4.79 Å². The Labute approximate surface area is 195 Å². The summed E-state index contributed by atoms with van der Waals surface area (Å²) in [5.74, 6) is 1.27. The highest BCUT2D eigenvalue weighted by molar-refractivity contribution is 9.10. The molecule has 31 heavy (non-hydrogen) atoms. The molecular weight excluding hydrogens is 480 g/mol. The zero-order chi connectivity index (χ0) is 22.2. The Bertz CT molecular complexity index is 1020. The fraction of sp³-hybridized carbons (Fsp3) is 0.208. The molecule has 5 nitrogen and oxygen atoms in total. The number of ether oxygens (including phenoxy) is 2. The first kappa shape index (κ1) is 23.0. The number of hydrogen-bond donors (Lipinski definition) is 2. The van der Waals surface area contributed by atoms with E-state index in [1.807, 2.05) is 67.6 Å². The molecule has 1 amide bonds. The minimum atomic E-state index is -0.0912. The van der Waals surface area contributed by atoms with Gasteiger partial charge in [-0.15, -0.1) is 0 Å². The summed E-state index contributed by atoms with van der Waals surface area (Å²) in [6, 6.07) is 19.0. The van der Waals surface area contributed by atoms with Crippen molar-refractivity contribution >= 4 is 44.8 Å². The Morgan fingerprint density at radius 3 is 2.26 bits per heavy atom. The monoisotopic (exact) mass is 502 g/mol. The van der Waals surface area contributed by atoms with Crippen LogP contribution in [0.5, 0.6) is 11.5 Å². The summed E-state index contributed by atoms with van der Waals surface area (Å²) >= 11 is 9.59. The Morgan fingerprint density at radius 2 is 1.61 bits per heavy atom. The Kier molecular flexibility index (Phi) is 8.20. The van der Waals surface area contributed by atoms with Gasteiger partial charge < -0.3 is 20.1 Å². The van der Waals surface area contributed by atoms with E-state index in [1.165, 1.54) is 6.92 Å². The first-order valence-corrected chi connectivity index (χ1v) is 11.1. The van der Waals surface area contributed by atoms with Crippen LogP contribution in [-0.4, -0.2) is 12.5 Å². The molecule has 0 bridgehead atoms. The molecule has 3 aromatic rings. The van der Waals surface area contributed by atoms with Crippen LogP contribution in [0.25, 0.3) is 0 Å². The molecule has 162 valence electrons. The third-order valence-electron chi connectivity index (χ3n) is 4.41. The highest BCUT2D eigenvalue weighted by Gasteiger charge is 2.12. The maximum Gasteiger partial charge on any atom is 0.221 e. The summed E-state index contributed by atoms with van der Waals surface area (Å²) < 4.78 is 12.7. The van der Waals surface area contributed by atoms with Crippen molar-refractivity contribution in [1.29, 1.82) is 0 Å². The predicted octanol–water partition coefficient (Wildman–Crippen LogP) is 6.65. The highest BCUT2D eigenvalue weighted by Crippen LogP contribution is 2.35. The van der Waals surface area contributed by atoms with Gasteiger partial charge in [0, 0.05) is 34.3 Å². The van der Waals surface area contributed by atoms with Crippen molar-refractivity contribution in [3.05, 3.63) is 81.3 Å². The molecule has 0 heterocycles. The molecule has 0 unspecified atom stereocenters. The van der Waals surface area contributed by atoms with Gasteiger partial charge in [-0.2, -0.15) is 0 Å². The summed E-state index contributed by atoms with van der Waals surface area (Å²) in [6.07, 6.45) is 0. The molecule has 0 saturated heterocycles. The van der Waals surface area contributed by atoms with Gasteiger partial charge in [-0.1, -0.05) is 39.7 Å². The molecule has 7 heteroatoms. The molecule has 0 atom stereocenters. The summed E-state index contributed by atoms with van der Waals surface area (Å²) in [6.45, 7) is 4.98. The predicted molar refractivity (Wildman–Crippen MR) is 129 cm³/mol. The second-order valence-corrected chi connectivity index (χ2v) is 8.14. The van der Waals surface area contributed by atoms with Gasteiger partial charge in [-0.3, -0.25) is 4.79 Å². The number of amides is 1. The van der Waals surface area contributed by atoms with Gasteiger partial charge in [0.15, 0.2) is 11.5 Å². The zero-order valence-electron chi connectivity index (χ0n) is 17.4. The summed E-state index contributed by atoms with van der Waals surface area (Å²) in [5.41, 5.74) is 3.77. The number of carbonyl (C=O) groups excluding carboxylic acids is 1. The highest BCUT2D eigenvalue weighted by atomic mass is 79.9. The van der Waals surface area contributed by atoms with E-state index in [0.29, 0.717) is 36.3 Å². The van der Waals surface area contributed by atoms with E-state index < -0.39 is 0 Å². The Hall–Kier alpha value is -2.70. The standard InChI is InChI=1S/C24H24BrClN2O3/c1-3-30-23-12-18(14-27-20-8-10-21(11-9-20)28-16(2)29)22(25)13-24(23)31-15-17-4-6-19(26)7-5-17/h4-13,27H,3,14-15H2,1-2H3,(H,28,29). The van der Waals surface area contributed by atoms with Gasteiger partial charge in [0.25, 0.3) is 0 Å². The second-order valence-electron chi connectivity index (χ2n) is 6.85. The van der Waals surface area contributed by atoms with Gasteiger partial charge in [0.2, 0.25) is 5.91 Å². The quantitative estimate of drug-likeness (QED) is 0.343. The van der Waals surface area contributed by atoms with E-state index >= 15 is 0 Å². The molecule has 0 aliphatic heterocycles. The number of halogens is 2. The van der Waals surface area contributed by atoms with Crippen molar-refractivity contribution in [3.63, 3.8) is 0 Å². The number of hydrogen-bond acceptors (Lipinski definition) is 4. The van der Waals surface area contributed by atoms with E-state index in [-0.39, 0.29) is 5.91 Å².